The van der Waals surface area contributed by atoms with E-state index >= 15 is 0 Å². The van der Waals surface area contributed by atoms with Crippen LogP contribution in [0.4, 0.5) is 0 Å². The van der Waals surface area contributed by atoms with E-state index in [1.165, 1.54) is 11.3 Å². The van der Waals surface area contributed by atoms with Crippen molar-refractivity contribution in [2.75, 3.05) is 6.54 Å². The Labute approximate surface area is 121 Å². The van der Waals surface area contributed by atoms with Gasteiger partial charge in [0.2, 0.25) is 11.8 Å². The molecule has 19 heavy (non-hydrogen) atoms. The van der Waals surface area contributed by atoms with Gasteiger partial charge in [-0.3, -0.25) is 9.59 Å². The third kappa shape index (κ3) is 3.09. The molecule has 1 aromatic rings. The van der Waals surface area contributed by atoms with Gasteiger partial charge in [-0.15, -0.1) is 11.3 Å². The third-order valence-corrected chi connectivity index (χ3v) is 4.68. The Balaban J connectivity index is 2.19. The SMILES string of the molecule is CCC1(C)NC(=O)CCN(Cc2ccc(Cl)s2)C1=O. The lowest BCUT2D eigenvalue weighted by molar-refractivity contribution is -0.138. The summed E-state index contributed by atoms with van der Waals surface area (Å²) < 4.78 is 0.713. The van der Waals surface area contributed by atoms with E-state index in [1.807, 2.05) is 19.1 Å². The summed E-state index contributed by atoms with van der Waals surface area (Å²) in [6.45, 7) is 4.66. The molecule has 0 aliphatic carbocycles. The highest BCUT2D eigenvalue weighted by atomic mass is 35.5. The molecule has 2 amide bonds. The van der Waals surface area contributed by atoms with E-state index in [0.29, 0.717) is 30.3 Å². The summed E-state index contributed by atoms with van der Waals surface area (Å²) in [7, 11) is 0. The van der Waals surface area contributed by atoms with E-state index in [2.05, 4.69) is 5.32 Å². The van der Waals surface area contributed by atoms with Gasteiger partial charge in [0.1, 0.15) is 5.54 Å². The van der Waals surface area contributed by atoms with Crippen molar-refractivity contribution in [2.45, 2.75) is 38.8 Å². The number of halogens is 1. The molecule has 2 heterocycles. The fourth-order valence-corrected chi connectivity index (χ4v) is 3.23. The zero-order valence-corrected chi connectivity index (χ0v) is 12.6. The number of hydrogen-bond donors (Lipinski definition) is 1. The minimum atomic E-state index is -0.797. The lowest BCUT2D eigenvalue weighted by Gasteiger charge is -2.30. The molecule has 1 aliphatic heterocycles. The van der Waals surface area contributed by atoms with Crippen LogP contribution in [0, 0.1) is 0 Å². The van der Waals surface area contributed by atoms with Crippen molar-refractivity contribution < 1.29 is 9.59 Å². The fraction of sp³-hybridized carbons (Fsp3) is 0.538. The Hall–Kier alpha value is -1.07. The minimum Gasteiger partial charge on any atom is -0.342 e. The van der Waals surface area contributed by atoms with E-state index in [4.69, 9.17) is 11.6 Å². The third-order valence-electron chi connectivity index (χ3n) is 3.47. The van der Waals surface area contributed by atoms with Crippen molar-refractivity contribution in [3.8, 4) is 0 Å². The van der Waals surface area contributed by atoms with Crippen LogP contribution in [-0.4, -0.2) is 28.8 Å². The molecular weight excluding hydrogens is 284 g/mol. The highest BCUT2D eigenvalue weighted by molar-refractivity contribution is 7.16. The zero-order chi connectivity index (χ0) is 14.0. The van der Waals surface area contributed by atoms with E-state index in [1.54, 1.807) is 11.8 Å². The summed E-state index contributed by atoms with van der Waals surface area (Å²) in [6, 6.07) is 3.75. The summed E-state index contributed by atoms with van der Waals surface area (Å²) in [5.74, 6) is -0.0882. The average molecular weight is 301 g/mol. The number of nitrogens with zero attached hydrogens (tertiary/aromatic N) is 1. The van der Waals surface area contributed by atoms with Gasteiger partial charge < -0.3 is 10.2 Å². The summed E-state index contributed by atoms with van der Waals surface area (Å²) >= 11 is 7.37. The van der Waals surface area contributed by atoms with E-state index < -0.39 is 5.54 Å². The second-order valence-corrected chi connectivity index (χ2v) is 6.72. The van der Waals surface area contributed by atoms with Crippen LogP contribution < -0.4 is 5.32 Å². The summed E-state index contributed by atoms with van der Waals surface area (Å²) in [4.78, 5) is 27.0. The van der Waals surface area contributed by atoms with E-state index in [9.17, 15) is 9.59 Å². The molecular formula is C13H17ClN2O2S. The molecule has 6 heteroatoms. The van der Waals surface area contributed by atoms with Crippen LogP contribution in [-0.2, 0) is 16.1 Å². The van der Waals surface area contributed by atoms with Gasteiger partial charge in [-0.05, 0) is 25.5 Å². The minimum absolute atomic E-state index is 0.0228. The number of carbonyl (C=O) groups is 2. The van der Waals surface area contributed by atoms with Crippen LogP contribution in [0.25, 0.3) is 0 Å². The van der Waals surface area contributed by atoms with Crippen molar-refractivity contribution in [1.82, 2.24) is 10.2 Å². The number of hydrogen-bond acceptors (Lipinski definition) is 3. The van der Waals surface area contributed by atoms with Crippen LogP contribution in [0.2, 0.25) is 4.34 Å². The number of thiophene rings is 1. The molecule has 4 nitrogen and oxygen atoms in total. The topological polar surface area (TPSA) is 49.4 Å². The predicted molar refractivity (Wildman–Crippen MR) is 76.2 cm³/mol. The first-order valence-corrected chi connectivity index (χ1v) is 7.48. The average Bonchev–Trinajstić information content (AvgIpc) is 2.74. The number of amides is 2. The number of nitrogens with one attached hydrogen (secondary N) is 1. The maximum atomic E-state index is 12.5. The van der Waals surface area contributed by atoms with Gasteiger partial charge in [-0.25, -0.2) is 0 Å². The first kappa shape index (κ1) is 14.3. The molecule has 2 rings (SSSR count). The number of rotatable bonds is 3. The quantitative estimate of drug-likeness (QED) is 0.932. The van der Waals surface area contributed by atoms with Crippen molar-refractivity contribution in [2.24, 2.45) is 0 Å². The van der Waals surface area contributed by atoms with Gasteiger partial charge in [0.15, 0.2) is 0 Å². The molecule has 0 aromatic carbocycles. The summed E-state index contributed by atoms with van der Waals surface area (Å²) in [6.07, 6.45) is 0.930. The van der Waals surface area contributed by atoms with Gasteiger partial charge in [-0.1, -0.05) is 18.5 Å². The fourth-order valence-electron chi connectivity index (χ4n) is 2.13. The first-order chi connectivity index (χ1) is 8.94. The van der Waals surface area contributed by atoms with Gasteiger partial charge in [0, 0.05) is 17.8 Å². The van der Waals surface area contributed by atoms with Gasteiger partial charge in [0.25, 0.3) is 0 Å². The monoisotopic (exact) mass is 300 g/mol. The second kappa shape index (κ2) is 5.51. The Morgan fingerprint density at radius 2 is 2.21 bits per heavy atom. The molecule has 104 valence electrons. The van der Waals surface area contributed by atoms with Crippen molar-refractivity contribution in [3.05, 3.63) is 21.3 Å². The summed E-state index contributed by atoms with van der Waals surface area (Å²) in [5, 5.41) is 2.82. The van der Waals surface area contributed by atoms with Crippen LogP contribution in [0.5, 0.6) is 0 Å². The van der Waals surface area contributed by atoms with Crippen molar-refractivity contribution in [3.63, 3.8) is 0 Å². The number of carbonyl (C=O) groups excluding carboxylic acids is 2. The maximum Gasteiger partial charge on any atom is 0.248 e. The molecule has 1 aliphatic rings. The largest absolute Gasteiger partial charge is 0.342 e. The lowest BCUT2D eigenvalue weighted by Crippen LogP contribution is -2.54. The Morgan fingerprint density at radius 3 is 2.79 bits per heavy atom. The highest BCUT2D eigenvalue weighted by Gasteiger charge is 2.39. The van der Waals surface area contributed by atoms with Crippen molar-refractivity contribution >= 4 is 34.8 Å². The molecule has 0 saturated carbocycles. The van der Waals surface area contributed by atoms with Crippen LogP contribution in [0.15, 0.2) is 12.1 Å². The zero-order valence-electron chi connectivity index (χ0n) is 11.0. The van der Waals surface area contributed by atoms with Crippen LogP contribution in [0.1, 0.15) is 31.6 Å². The summed E-state index contributed by atoms with van der Waals surface area (Å²) in [5.41, 5.74) is -0.797. The molecule has 0 spiro atoms. The maximum absolute atomic E-state index is 12.5. The molecule has 1 fully saturated rings. The molecule has 0 bridgehead atoms. The normalized spacial score (nSPS) is 24.3. The molecule has 1 N–H and O–H groups in total. The van der Waals surface area contributed by atoms with Crippen LogP contribution >= 0.6 is 22.9 Å². The standard InChI is InChI=1S/C13H17ClN2O2S/c1-3-13(2)12(18)16(7-6-11(17)15-13)8-9-4-5-10(14)19-9/h4-5H,3,6-8H2,1-2H3,(H,15,17). The smallest absolute Gasteiger partial charge is 0.248 e. The Bertz CT molecular complexity index is 503. The Morgan fingerprint density at radius 1 is 1.47 bits per heavy atom. The molecule has 1 aromatic heterocycles. The molecule has 1 saturated heterocycles. The predicted octanol–water partition coefficient (Wildman–Crippen LogP) is 2.42. The van der Waals surface area contributed by atoms with Gasteiger partial charge in [0.05, 0.1) is 10.9 Å². The molecule has 1 unspecified atom stereocenters. The Kier molecular flexibility index (Phi) is 4.16. The molecule has 1 atom stereocenters. The van der Waals surface area contributed by atoms with Gasteiger partial charge in [-0.2, -0.15) is 0 Å². The molecule has 0 radical (unpaired) electrons. The van der Waals surface area contributed by atoms with E-state index in [0.717, 1.165) is 4.88 Å². The van der Waals surface area contributed by atoms with Gasteiger partial charge >= 0.3 is 0 Å². The highest BCUT2D eigenvalue weighted by Crippen LogP contribution is 2.25. The van der Waals surface area contributed by atoms with Crippen molar-refractivity contribution in [1.29, 1.82) is 0 Å². The first-order valence-electron chi connectivity index (χ1n) is 6.29. The second-order valence-electron chi connectivity index (χ2n) is 4.92. The van der Waals surface area contributed by atoms with E-state index in [-0.39, 0.29) is 11.8 Å². The lowest BCUT2D eigenvalue weighted by atomic mass is 9.97. The van der Waals surface area contributed by atoms with Crippen LogP contribution in [0.3, 0.4) is 0 Å².